The summed E-state index contributed by atoms with van der Waals surface area (Å²) in [5, 5.41) is 3.93. The summed E-state index contributed by atoms with van der Waals surface area (Å²) in [4.78, 5) is 28.5. The molecule has 124 valence electrons. The van der Waals surface area contributed by atoms with E-state index in [1.165, 1.54) is 20.0 Å². The Morgan fingerprint density at radius 3 is 2.38 bits per heavy atom. The number of aromatic nitrogens is 1. The third kappa shape index (κ3) is 2.95. The van der Waals surface area contributed by atoms with Crippen molar-refractivity contribution < 1.29 is 19.1 Å². The third-order valence-corrected chi connectivity index (χ3v) is 3.70. The molecule has 0 aliphatic carbocycles. The number of cyclic esters (lactones) is 2. The number of anilines is 1. The van der Waals surface area contributed by atoms with Crippen LogP contribution < -0.4 is 5.32 Å². The second kappa shape index (κ2) is 5.63. The third-order valence-electron chi connectivity index (χ3n) is 3.70. The summed E-state index contributed by atoms with van der Waals surface area (Å²) < 4.78 is 10.2. The number of pyridine rings is 1. The molecule has 1 saturated heterocycles. The van der Waals surface area contributed by atoms with E-state index >= 15 is 0 Å². The number of fused-ring (bicyclic) bond motifs is 1. The largest absolute Gasteiger partial charge is 0.419 e. The Labute approximate surface area is 139 Å². The Bertz CT molecular complexity index is 862. The van der Waals surface area contributed by atoms with Gasteiger partial charge in [-0.3, -0.25) is 4.98 Å². The van der Waals surface area contributed by atoms with E-state index in [-0.39, 0.29) is 5.57 Å². The van der Waals surface area contributed by atoms with Crippen molar-refractivity contribution in [2.75, 3.05) is 5.32 Å². The maximum Gasteiger partial charge on any atom is 0.350 e. The molecular formula is C18H18N2O4. The van der Waals surface area contributed by atoms with Gasteiger partial charge < -0.3 is 14.8 Å². The number of benzene rings is 1. The first kappa shape index (κ1) is 16.0. The van der Waals surface area contributed by atoms with Gasteiger partial charge in [-0.15, -0.1) is 0 Å². The summed E-state index contributed by atoms with van der Waals surface area (Å²) in [6.07, 6.45) is 1.32. The molecule has 0 amide bonds. The summed E-state index contributed by atoms with van der Waals surface area (Å²) in [7, 11) is 0. The summed E-state index contributed by atoms with van der Waals surface area (Å²) in [6.45, 7) is 6.87. The number of ether oxygens (including phenoxy) is 2. The molecule has 1 aliphatic heterocycles. The van der Waals surface area contributed by atoms with Gasteiger partial charge in [0.25, 0.3) is 5.79 Å². The fourth-order valence-corrected chi connectivity index (χ4v) is 2.53. The highest BCUT2D eigenvalue weighted by Crippen LogP contribution is 2.28. The number of aryl methyl sites for hydroxylation is 2. The van der Waals surface area contributed by atoms with Crippen LogP contribution in [0.3, 0.4) is 0 Å². The first-order valence-electron chi connectivity index (χ1n) is 7.57. The number of nitrogens with zero attached hydrogens (tertiary/aromatic N) is 1. The van der Waals surface area contributed by atoms with Crippen molar-refractivity contribution in [2.24, 2.45) is 0 Å². The van der Waals surface area contributed by atoms with E-state index < -0.39 is 17.7 Å². The second-order valence-electron chi connectivity index (χ2n) is 6.16. The molecule has 0 radical (unpaired) electrons. The fraction of sp³-hybridized carbons (Fsp3) is 0.278. The van der Waals surface area contributed by atoms with Gasteiger partial charge in [-0.1, -0.05) is 6.07 Å². The van der Waals surface area contributed by atoms with Gasteiger partial charge in [0.15, 0.2) is 5.57 Å². The first-order valence-corrected chi connectivity index (χ1v) is 7.57. The minimum absolute atomic E-state index is 0.175. The van der Waals surface area contributed by atoms with E-state index in [4.69, 9.17) is 9.47 Å². The summed E-state index contributed by atoms with van der Waals surface area (Å²) >= 11 is 0. The van der Waals surface area contributed by atoms with E-state index in [0.717, 1.165) is 27.8 Å². The van der Waals surface area contributed by atoms with Gasteiger partial charge in [0.1, 0.15) is 0 Å². The lowest BCUT2D eigenvalue weighted by molar-refractivity contribution is -0.222. The first-order chi connectivity index (χ1) is 11.3. The lowest BCUT2D eigenvalue weighted by atomic mass is 10.1. The van der Waals surface area contributed by atoms with Gasteiger partial charge in [-0.25, -0.2) is 9.59 Å². The van der Waals surface area contributed by atoms with Crippen LogP contribution in [-0.2, 0) is 19.1 Å². The smallest absolute Gasteiger partial charge is 0.350 e. The zero-order valence-corrected chi connectivity index (χ0v) is 14.0. The Kier molecular flexibility index (Phi) is 3.75. The van der Waals surface area contributed by atoms with Crippen LogP contribution in [0, 0.1) is 13.8 Å². The predicted octanol–water partition coefficient (Wildman–Crippen LogP) is 2.98. The van der Waals surface area contributed by atoms with Gasteiger partial charge in [-0.2, -0.15) is 0 Å². The minimum Gasteiger partial charge on any atom is -0.419 e. The Hall–Kier alpha value is -2.89. The molecule has 0 saturated carbocycles. The molecule has 2 heterocycles. The average molecular weight is 326 g/mol. The van der Waals surface area contributed by atoms with Crippen LogP contribution in [0.2, 0.25) is 0 Å². The summed E-state index contributed by atoms with van der Waals surface area (Å²) in [5.41, 5.74) is 3.31. The highest BCUT2D eigenvalue weighted by molar-refractivity contribution is 6.15. The van der Waals surface area contributed by atoms with Crippen molar-refractivity contribution in [3.63, 3.8) is 0 Å². The summed E-state index contributed by atoms with van der Waals surface area (Å²) in [5.74, 6) is -2.67. The number of esters is 2. The van der Waals surface area contributed by atoms with Gasteiger partial charge in [-0.05, 0) is 37.6 Å². The molecule has 0 unspecified atom stereocenters. The van der Waals surface area contributed by atoms with Crippen LogP contribution in [0.4, 0.5) is 5.69 Å². The van der Waals surface area contributed by atoms with Crippen LogP contribution in [0.25, 0.3) is 10.9 Å². The molecule has 1 fully saturated rings. The van der Waals surface area contributed by atoms with E-state index in [1.54, 1.807) is 0 Å². The Balaban J connectivity index is 1.97. The monoisotopic (exact) mass is 326 g/mol. The number of hydrogen-bond donors (Lipinski definition) is 1. The maximum absolute atomic E-state index is 12.0. The van der Waals surface area contributed by atoms with Crippen LogP contribution in [0.15, 0.2) is 36.0 Å². The molecule has 24 heavy (non-hydrogen) atoms. The molecular weight excluding hydrogens is 308 g/mol. The second-order valence-corrected chi connectivity index (χ2v) is 6.16. The molecule has 0 spiro atoms. The predicted molar refractivity (Wildman–Crippen MR) is 89.2 cm³/mol. The molecule has 6 nitrogen and oxygen atoms in total. The van der Waals surface area contributed by atoms with Gasteiger partial charge in [0.05, 0.1) is 11.2 Å². The van der Waals surface area contributed by atoms with Gasteiger partial charge >= 0.3 is 11.9 Å². The molecule has 0 atom stereocenters. The van der Waals surface area contributed by atoms with E-state index in [2.05, 4.69) is 10.3 Å². The van der Waals surface area contributed by atoms with Crippen molar-refractivity contribution in [3.8, 4) is 0 Å². The van der Waals surface area contributed by atoms with Crippen molar-refractivity contribution in [1.29, 1.82) is 0 Å². The zero-order valence-electron chi connectivity index (χ0n) is 14.0. The summed E-state index contributed by atoms with van der Waals surface area (Å²) in [6, 6.07) is 7.72. The van der Waals surface area contributed by atoms with E-state index in [0.29, 0.717) is 0 Å². The lowest BCUT2D eigenvalue weighted by Gasteiger charge is -2.29. The Morgan fingerprint density at radius 2 is 1.71 bits per heavy atom. The number of rotatable bonds is 2. The van der Waals surface area contributed by atoms with Gasteiger partial charge in [0.2, 0.25) is 0 Å². The minimum atomic E-state index is -1.25. The lowest BCUT2D eigenvalue weighted by Crippen LogP contribution is -2.42. The van der Waals surface area contributed by atoms with E-state index in [9.17, 15) is 9.59 Å². The van der Waals surface area contributed by atoms with Crippen molar-refractivity contribution >= 4 is 28.5 Å². The standard InChI is InChI=1S/C18H18N2O4/c1-10-5-8-14-12(7-6-11(2)20-14)15(10)19-9-13-16(21)23-18(3,4)24-17(13)22/h5-9,19H,1-4H3. The van der Waals surface area contributed by atoms with Crippen LogP contribution in [-0.4, -0.2) is 22.7 Å². The van der Waals surface area contributed by atoms with E-state index in [1.807, 2.05) is 38.1 Å². The molecule has 6 heteroatoms. The quantitative estimate of drug-likeness (QED) is 0.519. The van der Waals surface area contributed by atoms with Crippen molar-refractivity contribution in [3.05, 3.63) is 47.3 Å². The van der Waals surface area contributed by atoms with Crippen LogP contribution >= 0.6 is 0 Å². The Morgan fingerprint density at radius 1 is 1.04 bits per heavy atom. The molecule has 1 aliphatic rings. The highest BCUT2D eigenvalue weighted by atomic mass is 16.7. The van der Waals surface area contributed by atoms with Crippen molar-refractivity contribution in [2.45, 2.75) is 33.5 Å². The van der Waals surface area contributed by atoms with Gasteiger partial charge in [0, 0.05) is 31.1 Å². The SMILES string of the molecule is Cc1ccc2c(NC=C3C(=O)OC(C)(C)OC3=O)c(C)ccc2n1. The topological polar surface area (TPSA) is 77.5 Å². The van der Waals surface area contributed by atoms with Crippen molar-refractivity contribution in [1.82, 2.24) is 4.98 Å². The highest BCUT2D eigenvalue weighted by Gasteiger charge is 2.38. The van der Waals surface area contributed by atoms with Crippen LogP contribution in [0.1, 0.15) is 25.1 Å². The molecule has 1 aromatic heterocycles. The fourth-order valence-electron chi connectivity index (χ4n) is 2.53. The number of hydrogen-bond acceptors (Lipinski definition) is 6. The molecule has 3 rings (SSSR count). The normalized spacial score (nSPS) is 16.6. The number of nitrogens with one attached hydrogen (secondary N) is 1. The number of carbonyl (C=O) groups is 2. The zero-order chi connectivity index (χ0) is 17.5. The molecule has 2 aromatic rings. The van der Waals surface area contributed by atoms with Crippen LogP contribution in [0.5, 0.6) is 0 Å². The average Bonchev–Trinajstić information content (AvgIpc) is 2.47. The number of carbonyl (C=O) groups excluding carboxylic acids is 2. The molecule has 1 aromatic carbocycles. The molecule has 0 bridgehead atoms. The molecule has 1 N–H and O–H groups in total. The maximum atomic E-state index is 12.0.